The molecule has 1 aliphatic heterocycles. The van der Waals surface area contributed by atoms with Crippen molar-refractivity contribution in [2.24, 2.45) is 0 Å². The van der Waals surface area contributed by atoms with Gasteiger partial charge in [0.15, 0.2) is 0 Å². The fourth-order valence-corrected chi connectivity index (χ4v) is 3.55. The van der Waals surface area contributed by atoms with Crippen molar-refractivity contribution in [3.63, 3.8) is 0 Å². The topological polar surface area (TPSA) is 42.7 Å². The van der Waals surface area contributed by atoms with Gasteiger partial charge in [0, 0.05) is 66.5 Å². The minimum absolute atomic E-state index is 0.799. The molecular weight excluding hydrogens is 308 g/mol. The zero-order chi connectivity index (χ0) is 15.8. The van der Waals surface area contributed by atoms with Crippen LogP contribution in [0.2, 0.25) is 5.02 Å². The minimum Gasteiger partial charge on any atom is -0.344 e. The van der Waals surface area contributed by atoms with E-state index in [1.165, 1.54) is 22.2 Å². The number of halogens is 1. The Morgan fingerprint density at radius 3 is 3.00 bits per heavy atom. The van der Waals surface area contributed by atoms with E-state index in [-0.39, 0.29) is 0 Å². The van der Waals surface area contributed by atoms with Crippen LogP contribution in [0, 0.1) is 6.92 Å². The average molecular weight is 327 g/mol. The predicted molar refractivity (Wildman–Crippen MR) is 92.8 cm³/mol. The number of fused-ring (bicyclic) bond motifs is 3. The van der Waals surface area contributed by atoms with Gasteiger partial charge in [0.25, 0.3) is 0 Å². The predicted octanol–water partition coefficient (Wildman–Crippen LogP) is 3.28. The molecule has 23 heavy (non-hydrogen) atoms. The molecule has 1 N–H and O–H groups in total. The van der Waals surface area contributed by atoms with Crippen LogP contribution in [0.1, 0.15) is 22.6 Å². The van der Waals surface area contributed by atoms with Crippen molar-refractivity contribution in [3.05, 3.63) is 58.3 Å². The van der Waals surface area contributed by atoms with Crippen molar-refractivity contribution in [2.45, 2.75) is 32.9 Å². The third kappa shape index (κ3) is 2.73. The number of hydrogen-bond acceptors (Lipinski definition) is 3. The highest BCUT2D eigenvalue weighted by molar-refractivity contribution is 6.31. The molecule has 3 heterocycles. The first-order valence-corrected chi connectivity index (χ1v) is 8.38. The normalized spacial score (nSPS) is 14.2. The molecule has 0 fully saturated rings. The van der Waals surface area contributed by atoms with Crippen LogP contribution >= 0.6 is 11.6 Å². The maximum atomic E-state index is 6.21. The molecule has 0 unspecified atom stereocenters. The SMILES string of the molecule is Cc1cnc(CCn2c3c(c4cc(Cl)ccc42)CNCC3)cn1. The van der Waals surface area contributed by atoms with E-state index in [9.17, 15) is 0 Å². The zero-order valence-corrected chi connectivity index (χ0v) is 13.9. The van der Waals surface area contributed by atoms with Crippen molar-refractivity contribution >= 4 is 22.5 Å². The Kier molecular flexibility index (Phi) is 3.79. The zero-order valence-electron chi connectivity index (χ0n) is 13.1. The molecule has 0 radical (unpaired) electrons. The van der Waals surface area contributed by atoms with Gasteiger partial charge in [-0.05, 0) is 30.7 Å². The molecular formula is C18H19ClN4. The average Bonchev–Trinajstić information content (AvgIpc) is 2.88. The summed E-state index contributed by atoms with van der Waals surface area (Å²) in [5.41, 5.74) is 6.08. The maximum absolute atomic E-state index is 6.21. The second-order valence-electron chi connectivity index (χ2n) is 6.06. The summed E-state index contributed by atoms with van der Waals surface area (Å²) in [6, 6.07) is 6.20. The van der Waals surface area contributed by atoms with Crippen LogP contribution < -0.4 is 5.32 Å². The van der Waals surface area contributed by atoms with E-state index in [0.717, 1.165) is 48.9 Å². The molecule has 0 bridgehead atoms. The number of nitrogens with one attached hydrogen (secondary N) is 1. The molecule has 0 aliphatic carbocycles. The Morgan fingerprint density at radius 1 is 1.26 bits per heavy atom. The van der Waals surface area contributed by atoms with Gasteiger partial charge in [-0.25, -0.2) is 0 Å². The van der Waals surface area contributed by atoms with Crippen LogP contribution in [0.25, 0.3) is 10.9 Å². The number of hydrogen-bond donors (Lipinski definition) is 1. The molecule has 0 spiro atoms. The number of aryl methyl sites for hydroxylation is 3. The molecule has 5 heteroatoms. The lowest BCUT2D eigenvalue weighted by molar-refractivity contribution is 0.592. The first kappa shape index (κ1) is 14.7. The third-order valence-electron chi connectivity index (χ3n) is 4.52. The van der Waals surface area contributed by atoms with Crippen molar-refractivity contribution < 1.29 is 0 Å². The van der Waals surface area contributed by atoms with Crippen molar-refractivity contribution in [1.29, 1.82) is 0 Å². The van der Waals surface area contributed by atoms with Crippen LogP contribution in [0.15, 0.2) is 30.6 Å². The largest absolute Gasteiger partial charge is 0.344 e. The van der Waals surface area contributed by atoms with Crippen molar-refractivity contribution in [3.8, 4) is 0 Å². The number of nitrogens with zero attached hydrogens (tertiary/aromatic N) is 3. The van der Waals surface area contributed by atoms with Gasteiger partial charge in [0.2, 0.25) is 0 Å². The molecule has 2 aromatic heterocycles. The van der Waals surface area contributed by atoms with E-state index in [4.69, 9.17) is 11.6 Å². The number of rotatable bonds is 3. The van der Waals surface area contributed by atoms with E-state index >= 15 is 0 Å². The second-order valence-corrected chi connectivity index (χ2v) is 6.50. The monoisotopic (exact) mass is 326 g/mol. The quantitative estimate of drug-likeness (QED) is 0.803. The van der Waals surface area contributed by atoms with Crippen LogP contribution in [-0.2, 0) is 25.9 Å². The standard InChI is InChI=1S/C18H19ClN4/c1-12-9-22-14(10-21-12)5-7-23-17-3-2-13(19)8-15(17)16-11-20-6-4-18(16)23/h2-3,8-10,20H,4-7,11H2,1H3. The van der Waals surface area contributed by atoms with E-state index < -0.39 is 0 Å². The summed E-state index contributed by atoms with van der Waals surface area (Å²) in [5, 5.41) is 5.54. The smallest absolute Gasteiger partial charge is 0.0604 e. The van der Waals surface area contributed by atoms with Gasteiger partial charge in [-0.2, -0.15) is 0 Å². The Morgan fingerprint density at radius 2 is 2.17 bits per heavy atom. The van der Waals surface area contributed by atoms with Gasteiger partial charge in [0.1, 0.15) is 0 Å². The summed E-state index contributed by atoms with van der Waals surface area (Å²) >= 11 is 6.21. The summed E-state index contributed by atoms with van der Waals surface area (Å²) in [4.78, 5) is 8.82. The highest BCUT2D eigenvalue weighted by atomic mass is 35.5. The van der Waals surface area contributed by atoms with Gasteiger partial charge in [0.05, 0.1) is 11.4 Å². The third-order valence-corrected chi connectivity index (χ3v) is 4.75. The minimum atomic E-state index is 0.799. The van der Waals surface area contributed by atoms with Crippen LogP contribution in [0.3, 0.4) is 0 Å². The summed E-state index contributed by atoms with van der Waals surface area (Å²) in [7, 11) is 0. The van der Waals surface area contributed by atoms with Gasteiger partial charge in [-0.3, -0.25) is 9.97 Å². The Hall–Kier alpha value is -1.91. The van der Waals surface area contributed by atoms with Crippen LogP contribution in [-0.4, -0.2) is 21.1 Å². The molecule has 0 atom stereocenters. The molecule has 118 valence electrons. The Labute approximate surface area is 140 Å². The van der Waals surface area contributed by atoms with Crippen LogP contribution in [0.5, 0.6) is 0 Å². The van der Waals surface area contributed by atoms with Gasteiger partial charge >= 0.3 is 0 Å². The molecule has 4 nitrogen and oxygen atoms in total. The molecule has 0 saturated carbocycles. The summed E-state index contributed by atoms with van der Waals surface area (Å²) in [6.45, 7) is 4.83. The van der Waals surface area contributed by atoms with Gasteiger partial charge in [-0.1, -0.05) is 11.6 Å². The van der Waals surface area contributed by atoms with E-state index in [2.05, 4.69) is 32.0 Å². The summed E-state index contributed by atoms with van der Waals surface area (Å²) < 4.78 is 2.43. The Balaban J connectivity index is 1.72. The number of benzene rings is 1. The lowest BCUT2D eigenvalue weighted by Crippen LogP contribution is -2.25. The van der Waals surface area contributed by atoms with Crippen molar-refractivity contribution in [2.75, 3.05) is 6.54 Å². The number of aromatic nitrogens is 3. The fourth-order valence-electron chi connectivity index (χ4n) is 3.38. The summed E-state index contributed by atoms with van der Waals surface area (Å²) in [5.74, 6) is 0. The highest BCUT2D eigenvalue weighted by Gasteiger charge is 2.19. The lowest BCUT2D eigenvalue weighted by atomic mass is 10.1. The maximum Gasteiger partial charge on any atom is 0.0604 e. The van der Waals surface area contributed by atoms with E-state index in [1.807, 2.05) is 25.4 Å². The molecule has 4 rings (SSSR count). The molecule has 0 amide bonds. The first-order valence-electron chi connectivity index (χ1n) is 8.00. The van der Waals surface area contributed by atoms with Gasteiger partial charge in [-0.15, -0.1) is 0 Å². The molecule has 0 saturated heterocycles. The van der Waals surface area contributed by atoms with Crippen LogP contribution in [0.4, 0.5) is 0 Å². The van der Waals surface area contributed by atoms with E-state index in [0.29, 0.717) is 0 Å². The second kappa shape index (κ2) is 5.95. The lowest BCUT2D eigenvalue weighted by Gasteiger charge is -2.17. The molecule has 1 aromatic carbocycles. The van der Waals surface area contributed by atoms with Gasteiger partial charge < -0.3 is 9.88 Å². The summed E-state index contributed by atoms with van der Waals surface area (Å²) in [6.07, 6.45) is 5.66. The molecule has 1 aliphatic rings. The molecule has 3 aromatic rings. The Bertz CT molecular complexity index is 852. The fraction of sp³-hybridized carbons (Fsp3) is 0.333. The highest BCUT2D eigenvalue weighted by Crippen LogP contribution is 2.30. The van der Waals surface area contributed by atoms with Crippen molar-refractivity contribution in [1.82, 2.24) is 19.9 Å². The first-order chi connectivity index (χ1) is 11.2. The van der Waals surface area contributed by atoms with E-state index in [1.54, 1.807) is 0 Å².